The van der Waals surface area contributed by atoms with E-state index in [1.165, 1.54) is 0 Å². The molecule has 0 radical (unpaired) electrons. The first-order valence-corrected chi connectivity index (χ1v) is 0. The van der Waals surface area contributed by atoms with E-state index in [0.29, 0.717) is 0 Å². The third kappa shape index (κ3) is 28.4. The number of hydrogen-bond donors (Lipinski definition) is 2. The molecule has 0 aromatic heterocycles. The Bertz CT molecular complexity index is 9.51. The summed E-state index contributed by atoms with van der Waals surface area (Å²) in [6.45, 7) is 0. The summed E-state index contributed by atoms with van der Waals surface area (Å²) in [5.74, 6) is 0. The zero-order chi connectivity index (χ0) is 0. The van der Waals surface area contributed by atoms with E-state index in [-0.39, 0.29) is 104 Å². The van der Waals surface area contributed by atoms with Gasteiger partial charge in [-0.05, 0) is 0 Å². The molecule has 0 aliphatic rings. The van der Waals surface area contributed by atoms with Crippen LogP contribution in [-0.4, -0.2) is 91.3 Å². The Morgan fingerprint density at radius 3 is 0.500 bits per heavy atom. The van der Waals surface area contributed by atoms with E-state index >= 15 is 0 Å². The van der Waals surface area contributed by atoms with Gasteiger partial charge in [0.15, 0.2) is 0 Å². The van der Waals surface area contributed by atoms with Crippen molar-refractivity contribution in [2.45, 2.75) is 0 Å². The van der Waals surface area contributed by atoms with E-state index in [9.17, 15) is 0 Å². The van der Waals surface area contributed by atoms with Crippen LogP contribution in [0.5, 0.6) is 0 Å². The van der Waals surface area contributed by atoms with Crippen LogP contribution < -0.4 is 12.3 Å². The number of hydrogen-bond acceptors (Lipinski definition) is 2. The van der Waals surface area contributed by atoms with Gasteiger partial charge in [0.2, 0.25) is 0 Å². The van der Waals surface area contributed by atoms with Crippen LogP contribution in [0.25, 0.3) is 0 Å². The molecule has 0 atom stereocenters. The third-order valence-electron chi connectivity index (χ3n) is 0. The van der Waals surface area contributed by atoms with Crippen LogP contribution >= 0.6 is 0 Å². The summed E-state index contributed by atoms with van der Waals surface area (Å²) in [5, 5.41) is 0. The van der Waals surface area contributed by atoms with Gasteiger partial charge >= 0.3 is 91.3 Å². The quantitative estimate of drug-likeness (QED) is 0.393. The standard InChI is InChI=1S/2Ga.2In.2H3N.12H/h;;;;2*1H3;;;;;;;;;;;;. The first-order chi connectivity index (χ1) is 0. The summed E-state index contributed by atoms with van der Waals surface area (Å²) in [6.07, 6.45) is 0. The molecular formula is H18Ga2In2N2. The molecule has 6 N–H and O–H groups in total. The van der Waals surface area contributed by atoms with Gasteiger partial charge in [0.1, 0.15) is 0 Å². The molecule has 2 nitrogen and oxygen atoms in total. The van der Waals surface area contributed by atoms with Gasteiger partial charge in [-0.3, -0.25) is 0 Å². The Hall–Kier alpha value is 2.93. The van der Waals surface area contributed by atoms with Gasteiger partial charge in [0.05, 0.1) is 0 Å². The zero-order valence-corrected chi connectivity index (χ0v) is 1.41. The minimum atomic E-state index is 0. The van der Waals surface area contributed by atoms with Crippen LogP contribution in [0.2, 0.25) is 0 Å². The molecule has 0 fully saturated rings. The average molecular weight is 415 g/mol. The molecule has 0 heterocycles. The van der Waals surface area contributed by atoms with Gasteiger partial charge in [-0.2, -0.15) is 0 Å². The normalized spacial score (nSPS) is 0. The first kappa shape index (κ1) is 65.4. The summed E-state index contributed by atoms with van der Waals surface area (Å²) in [6, 6.07) is 0. The Kier molecular flexibility index (Phi) is 483. The Morgan fingerprint density at radius 2 is 0.500 bits per heavy atom. The number of rotatable bonds is 0. The molecule has 0 rings (SSSR count). The molecule has 0 bridgehead atoms. The van der Waals surface area contributed by atoms with Crippen LogP contribution in [0.1, 0.15) is 0 Å². The summed E-state index contributed by atoms with van der Waals surface area (Å²) in [7, 11) is 0. The van der Waals surface area contributed by atoms with Crippen molar-refractivity contribution < 1.29 is 0 Å². The van der Waals surface area contributed by atoms with Gasteiger partial charge in [-0.15, -0.1) is 0 Å². The van der Waals surface area contributed by atoms with Gasteiger partial charge in [0, 0.05) is 0 Å². The molecule has 0 saturated carbocycles. The Balaban J connectivity index is 0. The average Bonchev–Trinajstić information content (AvgIpc) is 0. The molecule has 0 aromatic rings. The molecule has 0 amide bonds. The summed E-state index contributed by atoms with van der Waals surface area (Å²) in [4.78, 5) is 0. The SMILES string of the molecule is N.N.[GaH3].[GaH3].[InH3].[InH3]. The van der Waals surface area contributed by atoms with Crippen molar-refractivity contribution >= 4 is 91.3 Å². The van der Waals surface area contributed by atoms with Crippen LogP contribution in [0.15, 0.2) is 0 Å². The van der Waals surface area contributed by atoms with Crippen molar-refractivity contribution in [1.29, 1.82) is 0 Å². The van der Waals surface area contributed by atoms with Crippen LogP contribution in [-0.2, 0) is 0 Å². The zero-order valence-electron chi connectivity index (χ0n) is 1.41. The van der Waals surface area contributed by atoms with E-state index in [1.54, 1.807) is 0 Å². The van der Waals surface area contributed by atoms with E-state index in [4.69, 9.17) is 0 Å². The van der Waals surface area contributed by atoms with Crippen LogP contribution in [0, 0.1) is 0 Å². The Labute approximate surface area is 102 Å². The second kappa shape index (κ2) is 44.3. The first-order valence-electron chi connectivity index (χ1n) is 0. The van der Waals surface area contributed by atoms with Gasteiger partial charge in [0.25, 0.3) is 0 Å². The summed E-state index contributed by atoms with van der Waals surface area (Å²) < 4.78 is 0. The maximum absolute atomic E-state index is 0. The predicted molar refractivity (Wildman–Crippen MR) is 49.8 cm³/mol. The van der Waals surface area contributed by atoms with Gasteiger partial charge in [-0.1, -0.05) is 0 Å². The molecule has 40 valence electrons. The van der Waals surface area contributed by atoms with Gasteiger partial charge < -0.3 is 12.3 Å². The van der Waals surface area contributed by atoms with Gasteiger partial charge in [-0.25, -0.2) is 0 Å². The maximum atomic E-state index is 0. The van der Waals surface area contributed by atoms with E-state index in [1.807, 2.05) is 0 Å². The fourth-order valence-corrected chi connectivity index (χ4v) is 0. The molecule has 0 unspecified atom stereocenters. The minimum absolute atomic E-state index is 0. The van der Waals surface area contributed by atoms with Crippen molar-refractivity contribution in [3.05, 3.63) is 0 Å². The fourth-order valence-electron chi connectivity index (χ4n) is 0. The molecule has 0 aromatic carbocycles. The van der Waals surface area contributed by atoms with Crippen molar-refractivity contribution in [1.82, 2.24) is 12.3 Å². The Morgan fingerprint density at radius 1 is 0.500 bits per heavy atom. The third-order valence-corrected chi connectivity index (χ3v) is 0. The molecule has 6 heteroatoms. The van der Waals surface area contributed by atoms with Crippen LogP contribution in [0.3, 0.4) is 0 Å². The monoisotopic (exact) mass is 414 g/mol. The summed E-state index contributed by atoms with van der Waals surface area (Å²) in [5.41, 5.74) is 0. The van der Waals surface area contributed by atoms with E-state index in [2.05, 4.69) is 0 Å². The van der Waals surface area contributed by atoms with Crippen molar-refractivity contribution in [3.63, 3.8) is 0 Å². The second-order valence-electron chi connectivity index (χ2n) is 0. The molecule has 0 aliphatic carbocycles. The molecule has 6 heavy (non-hydrogen) atoms. The second-order valence-corrected chi connectivity index (χ2v) is 0. The topological polar surface area (TPSA) is 70.0 Å². The fraction of sp³-hybridized carbons (Fsp3) is 0. The van der Waals surface area contributed by atoms with Crippen LogP contribution in [0.4, 0.5) is 0 Å². The molecular weight excluding hydrogens is 397 g/mol. The van der Waals surface area contributed by atoms with Crippen molar-refractivity contribution in [2.75, 3.05) is 0 Å². The molecule has 0 spiro atoms. The molecule has 0 saturated heterocycles. The van der Waals surface area contributed by atoms with E-state index < -0.39 is 0 Å². The van der Waals surface area contributed by atoms with E-state index in [0.717, 1.165) is 0 Å². The summed E-state index contributed by atoms with van der Waals surface area (Å²) >= 11 is 0. The molecule has 0 aliphatic heterocycles. The van der Waals surface area contributed by atoms with Crippen molar-refractivity contribution in [2.24, 2.45) is 0 Å². The predicted octanol–water partition coefficient (Wildman–Crippen LogP) is -4.41. The van der Waals surface area contributed by atoms with Crippen molar-refractivity contribution in [3.8, 4) is 0 Å².